The van der Waals surface area contributed by atoms with E-state index in [-0.39, 0.29) is 18.2 Å². The predicted octanol–water partition coefficient (Wildman–Crippen LogP) is 4.70. The first-order chi connectivity index (χ1) is 11.9. The number of hydrogen-bond acceptors (Lipinski definition) is 5. The van der Waals surface area contributed by atoms with Crippen molar-refractivity contribution in [2.24, 2.45) is 0 Å². The van der Waals surface area contributed by atoms with Gasteiger partial charge in [0.25, 0.3) is 0 Å². The van der Waals surface area contributed by atoms with Gasteiger partial charge in [-0.25, -0.2) is 4.98 Å². The molecular weight excluding hydrogens is 342 g/mol. The van der Waals surface area contributed by atoms with Crippen LogP contribution in [-0.2, 0) is 6.61 Å². The van der Waals surface area contributed by atoms with Crippen molar-refractivity contribution < 1.29 is 9.66 Å². The van der Waals surface area contributed by atoms with Gasteiger partial charge in [-0.15, -0.1) is 0 Å². The average Bonchev–Trinajstić information content (AvgIpc) is 2.58. The Balaban J connectivity index is 1.93. The van der Waals surface area contributed by atoms with Gasteiger partial charge in [0.05, 0.1) is 5.52 Å². The summed E-state index contributed by atoms with van der Waals surface area (Å²) in [6, 6.07) is 9.09. The second kappa shape index (κ2) is 6.64. The number of ether oxygens (including phenoxy) is 1. The van der Waals surface area contributed by atoms with Crippen molar-refractivity contribution in [1.29, 1.82) is 0 Å². The number of pyridine rings is 2. The van der Waals surface area contributed by atoms with E-state index in [4.69, 9.17) is 16.3 Å². The van der Waals surface area contributed by atoms with Crippen LogP contribution in [0.2, 0.25) is 5.15 Å². The summed E-state index contributed by atoms with van der Waals surface area (Å²) in [6.45, 7) is 5.77. The standard InChI is InChI=1S/C18H16ClN3O3/c1-10-4-6-13-8-14(17(19)21-16(13)12(10)3)9-25-15-7-5-11(2)20-18(15)22(23)24/h4-8H,9H2,1-3H3. The molecule has 25 heavy (non-hydrogen) atoms. The smallest absolute Gasteiger partial charge is 0.406 e. The predicted molar refractivity (Wildman–Crippen MR) is 96.2 cm³/mol. The van der Waals surface area contributed by atoms with E-state index < -0.39 is 4.92 Å². The zero-order valence-corrected chi connectivity index (χ0v) is 14.8. The van der Waals surface area contributed by atoms with Crippen LogP contribution in [0.5, 0.6) is 5.75 Å². The number of benzene rings is 1. The Labute approximate surface area is 149 Å². The molecule has 2 aromatic heterocycles. The first-order valence-electron chi connectivity index (χ1n) is 7.67. The van der Waals surface area contributed by atoms with Crippen LogP contribution in [-0.4, -0.2) is 14.9 Å². The summed E-state index contributed by atoms with van der Waals surface area (Å²) < 4.78 is 5.59. The Morgan fingerprint density at radius 1 is 1.16 bits per heavy atom. The lowest BCUT2D eigenvalue weighted by Gasteiger charge is -2.11. The fraction of sp³-hybridized carbons (Fsp3) is 0.222. The van der Waals surface area contributed by atoms with Gasteiger partial charge in [0.15, 0.2) is 0 Å². The molecule has 6 nitrogen and oxygen atoms in total. The molecule has 7 heteroatoms. The van der Waals surface area contributed by atoms with E-state index in [9.17, 15) is 10.1 Å². The highest BCUT2D eigenvalue weighted by molar-refractivity contribution is 6.30. The van der Waals surface area contributed by atoms with Crippen LogP contribution in [0.4, 0.5) is 5.82 Å². The first kappa shape index (κ1) is 17.1. The fourth-order valence-corrected chi connectivity index (χ4v) is 2.73. The normalized spacial score (nSPS) is 10.9. The molecule has 2 heterocycles. The summed E-state index contributed by atoms with van der Waals surface area (Å²) in [5, 5.41) is 12.4. The molecule has 0 bridgehead atoms. The molecule has 0 saturated carbocycles. The van der Waals surface area contributed by atoms with Gasteiger partial charge in [0, 0.05) is 17.9 Å². The lowest BCUT2D eigenvalue weighted by Crippen LogP contribution is -2.03. The van der Waals surface area contributed by atoms with E-state index >= 15 is 0 Å². The summed E-state index contributed by atoms with van der Waals surface area (Å²) in [6.07, 6.45) is 0. The van der Waals surface area contributed by atoms with Crippen LogP contribution in [0.3, 0.4) is 0 Å². The van der Waals surface area contributed by atoms with Gasteiger partial charge in [0.2, 0.25) is 5.75 Å². The molecule has 0 aliphatic heterocycles. The third-order valence-electron chi connectivity index (χ3n) is 4.07. The van der Waals surface area contributed by atoms with Crippen molar-refractivity contribution in [2.45, 2.75) is 27.4 Å². The summed E-state index contributed by atoms with van der Waals surface area (Å²) in [5.74, 6) is -0.205. The number of hydrogen-bond donors (Lipinski definition) is 0. The van der Waals surface area contributed by atoms with Gasteiger partial charge in [-0.1, -0.05) is 23.7 Å². The largest absolute Gasteiger partial charge is 0.481 e. The second-order valence-corrected chi connectivity index (χ2v) is 6.20. The summed E-state index contributed by atoms with van der Waals surface area (Å²) in [5.41, 5.74) is 4.27. The van der Waals surface area contributed by atoms with Gasteiger partial charge in [-0.2, -0.15) is 0 Å². The number of nitro groups is 1. The van der Waals surface area contributed by atoms with Crippen molar-refractivity contribution >= 4 is 28.3 Å². The number of fused-ring (bicyclic) bond motifs is 1. The number of halogens is 1. The second-order valence-electron chi connectivity index (χ2n) is 5.84. The maximum Gasteiger partial charge on any atom is 0.406 e. The Morgan fingerprint density at radius 2 is 1.92 bits per heavy atom. The monoisotopic (exact) mass is 357 g/mol. The Bertz CT molecular complexity index is 989. The Hall–Kier alpha value is -2.73. The van der Waals surface area contributed by atoms with Crippen LogP contribution < -0.4 is 4.74 Å². The fourth-order valence-electron chi connectivity index (χ4n) is 2.53. The van der Waals surface area contributed by atoms with Crippen LogP contribution in [0.1, 0.15) is 22.4 Å². The van der Waals surface area contributed by atoms with Gasteiger partial charge in [0.1, 0.15) is 17.5 Å². The molecule has 0 aliphatic carbocycles. The van der Waals surface area contributed by atoms with E-state index in [1.807, 2.05) is 32.0 Å². The molecule has 3 rings (SSSR count). The highest BCUT2D eigenvalue weighted by atomic mass is 35.5. The maximum absolute atomic E-state index is 11.1. The van der Waals surface area contributed by atoms with Crippen molar-refractivity contribution in [1.82, 2.24) is 9.97 Å². The van der Waals surface area contributed by atoms with Crippen molar-refractivity contribution in [3.63, 3.8) is 0 Å². The van der Waals surface area contributed by atoms with Crippen LogP contribution in [0, 0.1) is 30.9 Å². The topological polar surface area (TPSA) is 78.2 Å². The minimum absolute atomic E-state index is 0.0697. The molecule has 3 aromatic rings. The molecule has 0 atom stereocenters. The molecule has 0 aliphatic rings. The SMILES string of the molecule is Cc1ccc(OCc2cc3ccc(C)c(C)c3nc2Cl)c([N+](=O)[O-])n1. The lowest BCUT2D eigenvalue weighted by molar-refractivity contribution is -0.390. The molecule has 0 spiro atoms. The van der Waals surface area contributed by atoms with Gasteiger partial charge >= 0.3 is 5.82 Å². The van der Waals surface area contributed by atoms with E-state index in [1.54, 1.807) is 13.0 Å². The molecule has 1 aromatic carbocycles. The minimum atomic E-state index is -0.561. The molecule has 128 valence electrons. The first-order valence-corrected chi connectivity index (χ1v) is 8.05. The van der Waals surface area contributed by atoms with Crippen LogP contribution >= 0.6 is 11.6 Å². The zero-order chi connectivity index (χ0) is 18.1. The highest BCUT2D eigenvalue weighted by Gasteiger charge is 2.18. The van der Waals surface area contributed by atoms with Crippen molar-refractivity contribution in [2.75, 3.05) is 0 Å². The molecule has 0 radical (unpaired) electrons. The molecule has 0 saturated heterocycles. The maximum atomic E-state index is 11.1. The lowest BCUT2D eigenvalue weighted by atomic mass is 10.0. The third kappa shape index (κ3) is 3.39. The Morgan fingerprint density at radius 3 is 2.64 bits per heavy atom. The molecule has 0 N–H and O–H groups in total. The quantitative estimate of drug-likeness (QED) is 0.384. The third-order valence-corrected chi connectivity index (χ3v) is 4.40. The number of aromatic nitrogens is 2. The summed E-state index contributed by atoms with van der Waals surface area (Å²) >= 11 is 6.28. The number of aryl methyl sites for hydroxylation is 3. The molecule has 0 unspecified atom stereocenters. The Kier molecular flexibility index (Phi) is 4.55. The van der Waals surface area contributed by atoms with Gasteiger partial charge in [-0.05, 0) is 53.1 Å². The summed E-state index contributed by atoms with van der Waals surface area (Å²) in [7, 11) is 0. The number of nitrogens with zero attached hydrogens (tertiary/aromatic N) is 3. The molecule has 0 fully saturated rings. The minimum Gasteiger partial charge on any atom is -0.481 e. The summed E-state index contributed by atoms with van der Waals surface area (Å²) in [4.78, 5) is 18.9. The van der Waals surface area contributed by atoms with Gasteiger partial charge in [-0.3, -0.25) is 0 Å². The van der Waals surface area contributed by atoms with Crippen LogP contribution in [0.25, 0.3) is 10.9 Å². The molecular formula is C18H16ClN3O3. The van der Waals surface area contributed by atoms with E-state index in [0.29, 0.717) is 16.4 Å². The van der Waals surface area contributed by atoms with E-state index in [0.717, 1.165) is 22.0 Å². The number of rotatable bonds is 4. The van der Waals surface area contributed by atoms with E-state index in [1.165, 1.54) is 6.07 Å². The zero-order valence-electron chi connectivity index (χ0n) is 14.0. The van der Waals surface area contributed by atoms with Crippen molar-refractivity contribution in [3.05, 3.63) is 68.0 Å². The van der Waals surface area contributed by atoms with Crippen molar-refractivity contribution in [3.8, 4) is 5.75 Å². The van der Waals surface area contributed by atoms with Crippen LogP contribution in [0.15, 0.2) is 30.3 Å². The van der Waals surface area contributed by atoms with Gasteiger partial charge < -0.3 is 14.9 Å². The van der Waals surface area contributed by atoms with E-state index in [2.05, 4.69) is 9.97 Å². The molecule has 0 amide bonds. The average molecular weight is 358 g/mol. The highest BCUT2D eigenvalue weighted by Crippen LogP contribution is 2.28.